The van der Waals surface area contributed by atoms with Crippen LogP contribution in [-0.2, 0) is 10.0 Å². The van der Waals surface area contributed by atoms with Gasteiger partial charge in [-0.05, 0) is 73.4 Å². The first kappa shape index (κ1) is 27.8. The van der Waals surface area contributed by atoms with Gasteiger partial charge in [0, 0.05) is 27.6 Å². The lowest BCUT2D eigenvalue weighted by Gasteiger charge is -2.49. The largest absolute Gasteiger partial charge is 0.493 e. The van der Waals surface area contributed by atoms with Crippen molar-refractivity contribution in [3.05, 3.63) is 59.9 Å². The van der Waals surface area contributed by atoms with Gasteiger partial charge in [-0.3, -0.25) is 4.79 Å². The maximum Gasteiger partial charge on any atom is 0.281 e. The van der Waals surface area contributed by atoms with Gasteiger partial charge in [0.1, 0.15) is 23.2 Å². The molecule has 216 valence electrons. The molecule has 3 aromatic rings. The quantitative estimate of drug-likeness (QED) is 0.374. The van der Waals surface area contributed by atoms with Crippen LogP contribution in [0.15, 0.2) is 53.6 Å². The number of carbonyl (C=O) groups is 1. The highest BCUT2D eigenvalue weighted by Crippen LogP contribution is 2.48. The molecule has 2 aliphatic rings. The van der Waals surface area contributed by atoms with E-state index in [1.165, 1.54) is 42.8 Å². The van der Waals surface area contributed by atoms with E-state index in [1.54, 1.807) is 12.1 Å². The van der Waals surface area contributed by atoms with Crippen LogP contribution in [0.25, 0.3) is 11.3 Å². The number of aromatic nitrogens is 2. The van der Waals surface area contributed by atoms with Crippen molar-refractivity contribution in [2.75, 3.05) is 30.3 Å². The summed E-state index contributed by atoms with van der Waals surface area (Å²) in [4.78, 5) is 24.2. The van der Waals surface area contributed by atoms with Gasteiger partial charge in [0.15, 0.2) is 5.03 Å². The monoisotopic (exact) mass is 571 g/mol. The molecule has 1 amide bonds. The van der Waals surface area contributed by atoms with Gasteiger partial charge in [0.25, 0.3) is 15.9 Å². The van der Waals surface area contributed by atoms with E-state index in [0.29, 0.717) is 36.0 Å². The number of sulfonamides is 1. The molecule has 0 radical (unpaired) electrons. The second-order valence-corrected chi connectivity index (χ2v) is 12.8. The number of nitrogens with one attached hydrogen (secondary N) is 1. The molecule has 3 N–H and O–H groups in total. The minimum absolute atomic E-state index is 0. The van der Waals surface area contributed by atoms with Gasteiger partial charge in [0.2, 0.25) is 0 Å². The Hall–Kier alpha value is -3.73. The fourth-order valence-electron chi connectivity index (χ4n) is 5.37. The fraction of sp³-hybridized carbons (Fsp3) is 0.414. The molecule has 40 heavy (non-hydrogen) atoms. The molecule has 0 atom stereocenters. The molecule has 2 aromatic heterocycles. The van der Waals surface area contributed by atoms with Gasteiger partial charge in [-0.25, -0.2) is 19.1 Å². The van der Waals surface area contributed by atoms with Gasteiger partial charge >= 0.3 is 0 Å². The predicted molar refractivity (Wildman–Crippen MR) is 155 cm³/mol. The zero-order valence-corrected chi connectivity index (χ0v) is 23.5. The maximum atomic E-state index is 14.6. The van der Waals surface area contributed by atoms with E-state index < -0.39 is 21.7 Å². The number of amides is 1. The number of carbonyl (C=O) groups excluding carboxylic acids is 1. The lowest BCUT2D eigenvalue weighted by Crippen LogP contribution is -2.48. The molecule has 1 aliphatic heterocycles. The Morgan fingerprint density at radius 1 is 1.15 bits per heavy atom. The number of hydrogen-bond donors (Lipinski definition) is 2. The standard InChI is InChI=1S/C29H34FN5O4S.2H2/c1-19(2)17-39-22-15-20(14-21(30)16-22)24-9-8-23(27(32-24)35-13-5-12-29(18-35)10-4-11-29)28(36)34-40(37,38)26-7-3-6-25(31)33-26;;/h3,6-9,14-16,19H,4-5,10-13,17-18H2,1-2H3,(H2,31,33)(H,34,36);2*1H. The summed E-state index contributed by atoms with van der Waals surface area (Å²) in [5.41, 5.74) is 6.89. The number of nitrogen functional groups attached to an aromatic ring is 1. The minimum Gasteiger partial charge on any atom is -0.493 e. The number of ether oxygens (including phenoxy) is 1. The highest BCUT2D eigenvalue weighted by atomic mass is 32.2. The van der Waals surface area contributed by atoms with Crippen LogP contribution in [0.3, 0.4) is 0 Å². The molecule has 1 spiro atoms. The first-order chi connectivity index (χ1) is 19.0. The Morgan fingerprint density at radius 3 is 2.62 bits per heavy atom. The van der Waals surface area contributed by atoms with Crippen LogP contribution in [0.4, 0.5) is 16.0 Å². The summed E-state index contributed by atoms with van der Waals surface area (Å²) in [5.74, 6) is -0.245. The van der Waals surface area contributed by atoms with Gasteiger partial charge in [-0.2, -0.15) is 8.42 Å². The van der Waals surface area contributed by atoms with Crippen molar-refractivity contribution < 1.29 is 25.2 Å². The Bertz CT molecular complexity index is 1540. The number of nitrogens with zero attached hydrogens (tertiary/aromatic N) is 3. The van der Waals surface area contributed by atoms with Crippen molar-refractivity contribution in [1.29, 1.82) is 0 Å². The first-order valence-electron chi connectivity index (χ1n) is 13.5. The molecular formula is C29H38FN5O4S. The molecule has 0 unspecified atom stereocenters. The van der Waals surface area contributed by atoms with E-state index in [0.717, 1.165) is 32.2 Å². The number of benzene rings is 1. The summed E-state index contributed by atoms with van der Waals surface area (Å²) < 4.78 is 48.3. The van der Waals surface area contributed by atoms with Crippen LogP contribution in [0, 0.1) is 17.2 Å². The zero-order valence-electron chi connectivity index (χ0n) is 22.7. The Labute approximate surface area is 237 Å². The molecule has 9 nitrogen and oxygen atoms in total. The fourth-order valence-corrected chi connectivity index (χ4v) is 6.31. The van der Waals surface area contributed by atoms with Crippen molar-refractivity contribution in [3.63, 3.8) is 0 Å². The molecule has 1 aliphatic carbocycles. The number of pyridine rings is 2. The van der Waals surface area contributed by atoms with Gasteiger partial charge < -0.3 is 15.4 Å². The molecule has 1 aromatic carbocycles. The predicted octanol–water partition coefficient (Wildman–Crippen LogP) is 5.28. The van der Waals surface area contributed by atoms with Crippen molar-refractivity contribution in [1.82, 2.24) is 14.7 Å². The SMILES string of the molecule is CC(C)COc1cc(F)cc(-c2ccc(C(=O)NS(=O)(=O)c3cccc(N)n3)c(N3CCCC4(CCC4)C3)n2)c1.[HH].[HH]. The van der Waals surface area contributed by atoms with Gasteiger partial charge in [0.05, 0.1) is 17.9 Å². The highest BCUT2D eigenvalue weighted by molar-refractivity contribution is 7.90. The van der Waals surface area contributed by atoms with Crippen LogP contribution in [0.5, 0.6) is 5.75 Å². The topological polar surface area (TPSA) is 128 Å². The summed E-state index contributed by atoms with van der Waals surface area (Å²) in [7, 11) is -4.28. The molecule has 11 heteroatoms. The third-order valence-corrected chi connectivity index (χ3v) is 8.72. The summed E-state index contributed by atoms with van der Waals surface area (Å²) in [6.07, 6.45) is 5.44. The average molecular weight is 572 g/mol. The van der Waals surface area contributed by atoms with E-state index >= 15 is 0 Å². The number of halogens is 1. The van der Waals surface area contributed by atoms with Crippen molar-refractivity contribution in [3.8, 4) is 17.0 Å². The lowest BCUT2D eigenvalue weighted by atomic mass is 9.64. The molecule has 3 heterocycles. The zero-order chi connectivity index (χ0) is 28.5. The number of piperidine rings is 1. The Balaban J connectivity index is 0.00000242. The third kappa shape index (κ3) is 6.04. The molecule has 2 fully saturated rings. The number of anilines is 2. The Morgan fingerprint density at radius 2 is 1.93 bits per heavy atom. The van der Waals surface area contributed by atoms with Crippen LogP contribution in [-0.4, -0.2) is 44.0 Å². The average Bonchev–Trinajstić information content (AvgIpc) is 2.90. The molecular weight excluding hydrogens is 533 g/mol. The van der Waals surface area contributed by atoms with E-state index in [1.807, 2.05) is 13.8 Å². The van der Waals surface area contributed by atoms with Crippen molar-refractivity contribution >= 4 is 27.6 Å². The summed E-state index contributed by atoms with van der Waals surface area (Å²) in [6.45, 7) is 5.85. The van der Waals surface area contributed by atoms with Crippen molar-refractivity contribution in [2.45, 2.75) is 51.0 Å². The van der Waals surface area contributed by atoms with Gasteiger partial charge in [-0.15, -0.1) is 0 Å². The molecule has 5 rings (SSSR count). The van der Waals surface area contributed by atoms with E-state index in [9.17, 15) is 17.6 Å². The van der Waals surface area contributed by atoms with E-state index in [2.05, 4.69) is 14.6 Å². The smallest absolute Gasteiger partial charge is 0.281 e. The second kappa shape index (κ2) is 11.0. The van der Waals surface area contributed by atoms with Crippen molar-refractivity contribution in [2.24, 2.45) is 11.3 Å². The van der Waals surface area contributed by atoms with Gasteiger partial charge in [-0.1, -0.05) is 26.3 Å². The van der Waals surface area contributed by atoms with E-state index in [-0.39, 0.29) is 30.6 Å². The summed E-state index contributed by atoms with van der Waals surface area (Å²) in [5, 5.41) is -0.355. The number of rotatable bonds is 8. The van der Waals surface area contributed by atoms with Crippen LogP contribution >= 0.6 is 0 Å². The lowest BCUT2D eigenvalue weighted by molar-refractivity contribution is 0.0975. The van der Waals surface area contributed by atoms with Crippen LogP contribution < -0.4 is 20.1 Å². The number of hydrogen-bond acceptors (Lipinski definition) is 8. The second-order valence-electron chi connectivity index (χ2n) is 11.2. The molecule has 0 bridgehead atoms. The first-order valence-corrected chi connectivity index (χ1v) is 15.0. The summed E-state index contributed by atoms with van der Waals surface area (Å²) in [6, 6.07) is 11.7. The van der Waals surface area contributed by atoms with Crippen LogP contribution in [0.2, 0.25) is 0 Å². The third-order valence-electron chi connectivity index (χ3n) is 7.49. The minimum atomic E-state index is -4.28. The maximum absolute atomic E-state index is 14.6. The normalized spacial score (nSPS) is 16.6. The Kier molecular flexibility index (Phi) is 7.67. The molecule has 1 saturated carbocycles. The molecule has 1 saturated heterocycles. The number of nitrogens with two attached hydrogens (primary N) is 1. The van der Waals surface area contributed by atoms with E-state index in [4.69, 9.17) is 15.5 Å². The van der Waals surface area contributed by atoms with Crippen LogP contribution in [0.1, 0.15) is 59.2 Å². The highest BCUT2D eigenvalue weighted by Gasteiger charge is 2.41. The summed E-state index contributed by atoms with van der Waals surface area (Å²) >= 11 is 0.